The summed E-state index contributed by atoms with van der Waals surface area (Å²) in [5.41, 5.74) is 1.07. The summed E-state index contributed by atoms with van der Waals surface area (Å²) in [6.07, 6.45) is 0. The molecule has 0 radical (unpaired) electrons. The molecular weight excluding hydrogens is 370 g/mol. The first-order chi connectivity index (χ1) is 12.9. The molecular formula is C19H19NO6S. The van der Waals surface area contributed by atoms with E-state index in [-0.39, 0.29) is 17.1 Å². The highest BCUT2D eigenvalue weighted by molar-refractivity contribution is 7.92. The number of sulfonamides is 1. The van der Waals surface area contributed by atoms with Gasteiger partial charge in [0.05, 0.1) is 18.6 Å². The van der Waals surface area contributed by atoms with E-state index in [2.05, 4.69) is 4.72 Å². The minimum absolute atomic E-state index is 0.0948. The summed E-state index contributed by atoms with van der Waals surface area (Å²) in [4.78, 5) is 12.3. The molecule has 142 valence electrons. The summed E-state index contributed by atoms with van der Waals surface area (Å²) in [6.45, 7) is 3.60. The molecule has 0 amide bonds. The Bertz CT molecular complexity index is 1080. The third-order valence-electron chi connectivity index (χ3n) is 3.97. The maximum atomic E-state index is 12.6. The number of anilines is 1. The molecule has 0 aliphatic carbocycles. The van der Waals surface area contributed by atoms with Gasteiger partial charge in [0.1, 0.15) is 22.7 Å². The van der Waals surface area contributed by atoms with E-state index in [1.165, 1.54) is 19.2 Å². The number of esters is 1. The Morgan fingerprint density at radius 2 is 1.85 bits per heavy atom. The van der Waals surface area contributed by atoms with Crippen LogP contribution in [0.3, 0.4) is 0 Å². The fourth-order valence-electron chi connectivity index (χ4n) is 2.71. The van der Waals surface area contributed by atoms with Crippen LogP contribution in [-0.2, 0) is 14.8 Å². The number of hydrogen-bond donors (Lipinski definition) is 1. The van der Waals surface area contributed by atoms with Crippen molar-refractivity contribution in [3.63, 3.8) is 0 Å². The van der Waals surface area contributed by atoms with Crippen LogP contribution < -0.4 is 9.46 Å². The molecule has 3 rings (SSSR count). The van der Waals surface area contributed by atoms with Crippen molar-refractivity contribution in [1.29, 1.82) is 0 Å². The molecule has 0 aliphatic rings. The Hall–Kier alpha value is -3.00. The minimum atomic E-state index is -3.80. The van der Waals surface area contributed by atoms with Crippen LogP contribution in [0, 0.1) is 6.92 Å². The zero-order chi connectivity index (χ0) is 19.6. The molecule has 0 spiro atoms. The Morgan fingerprint density at radius 3 is 2.48 bits per heavy atom. The fraction of sp³-hybridized carbons (Fsp3) is 0.211. The largest absolute Gasteiger partial charge is 0.497 e. The van der Waals surface area contributed by atoms with E-state index in [1.54, 1.807) is 44.2 Å². The molecule has 0 saturated carbocycles. The molecule has 27 heavy (non-hydrogen) atoms. The van der Waals surface area contributed by atoms with Gasteiger partial charge in [0.2, 0.25) is 0 Å². The predicted octanol–water partition coefficient (Wildman–Crippen LogP) is 3.73. The Kier molecular flexibility index (Phi) is 5.09. The third-order valence-corrected chi connectivity index (χ3v) is 5.36. The van der Waals surface area contributed by atoms with Crippen LogP contribution in [0.5, 0.6) is 5.75 Å². The van der Waals surface area contributed by atoms with Gasteiger partial charge in [-0.1, -0.05) is 0 Å². The van der Waals surface area contributed by atoms with E-state index < -0.39 is 16.0 Å². The predicted molar refractivity (Wildman–Crippen MR) is 101 cm³/mol. The molecule has 0 saturated heterocycles. The summed E-state index contributed by atoms with van der Waals surface area (Å²) in [5.74, 6) is 0.464. The van der Waals surface area contributed by atoms with Crippen LogP contribution >= 0.6 is 0 Å². The van der Waals surface area contributed by atoms with Crippen LogP contribution in [-0.4, -0.2) is 28.1 Å². The molecule has 8 heteroatoms. The van der Waals surface area contributed by atoms with Crippen molar-refractivity contribution >= 4 is 32.6 Å². The fourth-order valence-corrected chi connectivity index (χ4v) is 3.76. The van der Waals surface area contributed by atoms with Gasteiger partial charge < -0.3 is 13.9 Å². The van der Waals surface area contributed by atoms with E-state index in [0.717, 1.165) is 0 Å². The van der Waals surface area contributed by atoms with E-state index in [1.807, 2.05) is 0 Å². The van der Waals surface area contributed by atoms with E-state index in [0.29, 0.717) is 28.2 Å². The minimum Gasteiger partial charge on any atom is -0.497 e. The number of methoxy groups -OCH3 is 1. The zero-order valence-corrected chi connectivity index (χ0v) is 15.9. The third kappa shape index (κ3) is 3.75. The number of nitrogens with one attached hydrogen (secondary N) is 1. The normalized spacial score (nSPS) is 11.4. The second-order valence-electron chi connectivity index (χ2n) is 5.75. The molecule has 0 fully saturated rings. The molecule has 0 bridgehead atoms. The SMILES string of the molecule is CCOC(=O)c1c(C)oc2ccc(NS(=O)(=O)c3ccc(OC)cc3)cc12. The lowest BCUT2D eigenvalue weighted by Gasteiger charge is -2.09. The maximum Gasteiger partial charge on any atom is 0.342 e. The first-order valence-electron chi connectivity index (χ1n) is 8.23. The van der Waals surface area contributed by atoms with Crippen molar-refractivity contribution in [1.82, 2.24) is 0 Å². The number of ether oxygens (including phenoxy) is 2. The van der Waals surface area contributed by atoms with Gasteiger partial charge in [-0.05, 0) is 56.3 Å². The van der Waals surface area contributed by atoms with Gasteiger partial charge in [-0.2, -0.15) is 0 Å². The van der Waals surface area contributed by atoms with E-state index in [9.17, 15) is 13.2 Å². The van der Waals surface area contributed by atoms with Crippen molar-refractivity contribution in [2.75, 3.05) is 18.4 Å². The zero-order valence-electron chi connectivity index (χ0n) is 15.1. The van der Waals surface area contributed by atoms with Crippen LogP contribution in [0.4, 0.5) is 5.69 Å². The lowest BCUT2D eigenvalue weighted by Crippen LogP contribution is -2.13. The second-order valence-corrected chi connectivity index (χ2v) is 7.43. The van der Waals surface area contributed by atoms with Gasteiger partial charge in [0, 0.05) is 11.1 Å². The Balaban J connectivity index is 1.96. The average Bonchev–Trinajstić information content (AvgIpc) is 2.96. The van der Waals surface area contributed by atoms with Crippen molar-refractivity contribution in [2.45, 2.75) is 18.7 Å². The van der Waals surface area contributed by atoms with Gasteiger partial charge in [-0.25, -0.2) is 13.2 Å². The number of furan rings is 1. The van der Waals surface area contributed by atoms with Gasteiger partial charge in [-0.3, -0.25) is 4.72 Å². The van der Waals surface area contributed by atoms with Gasteiger partial charge in [0.15, 0.2) is 0 Å². The number of hydrogen-bond acceptors (Lipinski definition) is 6. The summed E-state index contributed by atoms with van der Waals surface area (Å²) >= 11 is 0. The average molecular weight is 389 g/mol. The number of aryl methyl sites for hydroxylation is 1. The molecule has 1 N–H and O–H groups in total. The number of carbonyl (C=O) groups excluding carboxylic acids is 1. The number of fused-ring (bicyclic) bond motifs is 1. The lowest BCUT2D eigenvalue weighted by atomic mass is 10.1. The van der Waals surface area contributed by atoms with Crippen LogP contribution in [0.2, 0.25) is 0 Å². The van der Waals surface area contributed by atoms with Crippen molar-refractivity contribution < 1.29 is 27.1 Å². The molecule has 3 aromatic rings. The first kappa shape index (κ1) is 18.8. The first-order valence-corrected chi connectivity index (χ1v) is 9.71. The monoisotopic (exact) mass is 389 g/mol. The molecule has 7 nitrogen and oxygen atoms in total. The topological polar surface area (TPSA) is 94.8 Å². The maximum absolute atomic E-state index is 12.6. The summed E-state index contributed by atoms with van der Waals surface area (Å²) in [6, 6.07) is 10.8. The molecule has 0 unspecified atom stereocenters. The number of carbonyl (C=O) groups is 1. The van der Waals surface area contributed by atoms with Crippen molar-refractivity contribution in [3.05, 3.63) is 53.8 Å². The molecule has 0 aliphatic heterocycles. The highest BCUT2D eigenvalue weighted by Crippen LogP contribution is 2.30. The Morgan fingerprint density at radius 1 is 1.15 bits per heavy atom. The van der Waals surface area contributed by atoms with Crippen molar-refractivity contribution in [2.24, 2.45) is 0 Å². The smallest absolute Gasteiger partial charge is 0.342 e. The van der Waals surface area contributed by atoms with Crippen LogP contribution in [0.15, 0.2) is 51.8 Å². The highest BCUT2D eigenvalue weighted by atomic mass is 32.2. The number of benzene rings is 2. The number of rotatable bonds is 6. The molecule has 2 aromatic carbocycles. The van der Waals surface area contributed by atoms with Crippen LogP contribution in [0.1, 0.15) is 23.0 Å². The highest BCUT2D eigenvalue weighted by Gasteiger charge is 2.21. The molecule has 0 atom stereocenters. The quantitative estimate of drug-likeness (QED) is 0.646. The van der Waals surface area contributed by atoms with E-state index in [4.69, 9.17) is 13.9 Å². The van der Waals surface area contributed by atoms with Gasteiger partial charge in [0.25, 0.3) is 10.0 Å². The summed E-state index contributed by atoms with van der Waals surface area (Å²) in [5, 5.41) is 0.487. The van der Waals surface area contributed by atoms with Crippen molar-refractivity contribution in [3.8, 4) is 5.75 Å². The van der Waals surface area contributed by atoms with Crippen LogP contribution in [0.25, 0.3) is 11.0 Å². The van der Waals surface area contributed by atoms with Gasteiger partial charge >= 0.3 is 5.97 Å². The lowest BCUT2D eigenvalue weighted by molar-refractivity contribution is 0.0526. The van der Waals surface area contributed by atoms with E-state index >= 15 is 0 Å². The Labute approximate surface area is 156 Å². The summed E-state index contributed by atoms with van der Waals surface area (Å²) in [7, 11) is -2.29. The van der Waals surface area contributed by atoms with Gasteiger partial charge in [-0.15, -0.1) is 0 Å². The molecule has 1 aromatic heterocycles. The molecule has 1 heterocycles. The second kappa shape index (κ2) is 7.32. The summed E-state index contributed by atoms with van der Waals surface area (Å²) < 4.78 is 43.4. The standard InChI is InChI=1S/C19H19NO6S/c1-4-25-19(21)18-12(2)26-17-10-5-13(11-16(17)18)20-27(22,23)15-8-6-14(24-3)7-9-15/h5-11,20H,4H2,1-3H3.